The third-order valence-corrected chi connectivity index (χ3v) is 6.30. The minimum absolute atomic E-state index is 1.01. The topological polar surface area (TPSA) is 4.93 Å². The maximum Gasteiger partial charge on any atom is 0.0689 e. The summed E-state index contributed by atoms with van der Waals surface area (Å²) >= 11 is 10.8. The molecular weight excluding hydrogens is 422 g/mol. The summed E-state index contributed by atoms with van der Waals surface area (Å²) in [5.41, 5.74) is 2.29. The predicted octanol–water partition coefficient (Wildman–Crippen LogP) is 6.18. The van der Waals surface area contributed by atoms with Crippen molar-refractivity contribution in [2.75, 3.05) is 0 Å². The number of rotatable bonds is 1. The smallest absolute Gasteiger partial charge is 0.0689 e. The van der Waals surface area contributed by atoms with Crippen molar-refractivity contribution < 1.29 is 0 Å². The van der Waals surface area contributed by atoms with Gasteiger partial charge in [0.1, 0.15) is 0 Å². The first kappa shape index (κ1) is 12.5. The van der Waals surface area contributed by atoms with Gasteiger partial charge in [-0.25, -0.2) is 0 Å². The van der Waals surface area contributed by atoms with Crippen LogP contribution in [0.25, 0.3) is 28.0 Å². The molecule has 0 amide bonds. The molecule has 4 heteroatoms. The van der Waals surface area contributed by atoms with Crippen molar-refractivity contribution in [1.82, 2.24) is 4.57 Å². The van der Waals surface area contributed by atoms with E-state index in [0.717, 1.165) is 24.5 Å². The van der Waals surface area contributed by atoms with E-state index in [0.29, 0.717) is 0 Å². The van der Waals surface area contributed by atoms with Gasteiger partial charge in [-0.1, -0.05) is 24.8 Å². The van der Waals surface area contributed by atoms with Crippen molar-refractivity contribution >= 4 is 75.8 Å². The van der Waals surface area contributed by atoms with Gasteiger partial charge in [-0.3, -0.25) is 0 Å². The summed E-state index contributed by atoms with van der Waals surface area (Å²) in [5, 5.41) is 2.42. The maximum atomic E-state index is 3.91. The first-order valence-corrected chi connectivity index (χ1v) is 7.71. The van der Waals surface area contributed by atoms with E-state index in [2.05, 4.69) is 83.2 Å². The quantitative estimate of drug-likeness (QED) is 0.407. The standard InChI is InChI=1S/C14H8Br3N/c1-2-18-11-6-4-3-5-8(11)9-7-10(15)12(16)13(17)14(9)18/h2-7H,1H2. The van der Waals surface area contributed by atoms with E-state index in [1.165, 1.54) is 10.8 Å². The van der Waals surface area contributed by atoms with Crippen molar-refractivity contribution in [1.29, 1.82) is 0 Å². The third kappa shape index (κ3) is 1.63. The molecular formula is C14H8Br3N. The molecule has 0 atom stereocenters. The highest BCUT2D eigenvalue weighted by molar-refractivity contribution is 9.14. The first-order chi connectivity index (χ1) is 8.65. The summed E-state index contributed by atoms with van der Waals surface area (Å²) in [6.45, 7) is 3.91. The zero-order valence-corrected chi connectivity index (χ0v) is 14.0. The molecule has 2 aromatic carbocycles. The highest BCUT2D eigenvalue weighted by Gasteiger charge is 2.15. The van der Waals surface area contributed by atoms with Gasteiger partial charge in [0, 0.05) is 25.9 Å². The lowest BCUT2D eigenvalue weighted by molar-refractivity contribution is 1.28. The number of para-hydroxylation sites is 1. The van der Waals surface area contributed by atoms with E-state index in [9.17, 15) is 0 Å². The monoisotopic (exact) mass is 427 g/mol. The average Bonchev–Trinajstić information content (AvgIpc) is 2.70. The van der Waals surface area contributed by atoms with Crippen molar-refractivity contribution in [3.05, 3.63) is 50.3 Å². The van der Waals surface area contributed by atoms with Crippen LogP contribution < -0.4 is 0 Å². The Kier molecular flexibility index (Phi) is 3.12. The molecule has 90 valence electrons. The Balaban J connectivity index is 2.69. The summed E-state index contributed by atoms with van der Waals surface area (Å²) in [4.78, 5) is 0. The van der Waals surface area contributed by atoms with Crippen LogP contribution in [-0.2, 0) is 0 Å². The van der Waals surface area contributed by atoms with Crippen molar-refractivity contribution in [2.24, 2.45) is 0 Å². The summed E-state index contributed by atoms with van der Waals surface area (Å²) in [5.74, 6) is 0. The molecule has 3 rings (SSSR count). The summed E-state index contributed by atoms with van der Waals surface area (Å²) in [6.07, 6.45) is 1.84. The van der Waals surface area contributed by atoms with E-state index in [-0.39, 0.29) is 0 Å². The van der Waals surface area contributed by atoms with Crippen molar-refractivity contribution in [2.45, 2.75) is 0 Å². The van der Waals surface area contributed by atoms with Gasteiger partial charge >= 0.3 is 0 Å². The van der Waals surface area contributed by atoms with Gasteiger partial charge in [-0.2, -0.15) is 0 Å². The molecule has 3 aromatic rings. The molecule has 0 spiro atoms. The molecule has 0 fully saturated rings. The number of halogens is 3. The highest BCUT2D eigenvalue weighted by Crippen LogP contribution is 2.41. The number of hydrogen-bond acceptors (Lipinski definition) is 0. The first-order valence-electron chi connectivity index (χ1n) is 5.34. The molecule has 0 aliphatic heterocycles. The molecule has 0 saturated carbocycles. The van der Waals surface area contributed by atoms with Crippen LogP contribution in [0, 0.1) is 0 Å². The fourth-order valence-electron chi connectivity index (χ4n) is 2.25. The molecule has 1 nitrogen and oxygen atoms in total. The van der Waals surface area contributed by atoms with Crippen LogP contribution in [0.4, 0.5) is 0 Å². The lowest BCUT2D eigenvalue weighted by Gasteiger charge is -2.05. The fraction of sp³-hybridized carbons (Fsp3) is 0. The van der Waals surface area contributed by atoms with E-state index in [1.54, 1.807) is 0 Å². The lowest BCUT2D eigenvalue weighted by atomic mass is 10.2. The van der Waals surface area contributed by atoms with Gasteiger partial charge in [0.2, 0.25) is 0 Å². The number of aromatic nitrogens is 1. The lowest BCUT2D eigenvalue weighted by Crippen LogP contribution is -1.86. The van der Waals surface area contributed by atoms with Gasteiger partial charge in [0.15, 0.2) is 0 Å². The SMILES string of the molecule is C=Cn1c2ccccc2c2cc(Br)c(Br)c(Br)c21. The Morgan fingerprint density at radius 2 is 1.72 bits per heavy atom. The van der Waals surface area contributed by atoms with Gasteiger partial charge < -0.3 is 4.57 Å². The molecule has 0 unspecified atom stereocenters. The van der Waals surface area contributed by atoms with Gasteiger partial charge in [-0.15, -0.1) is 0 Å². The molecule has 0 radical (unpaired) electrons. The number of hydrogen-bond donors (Lipinski definition) is 0. The van der Waals surface area contributed by atoms with Crippen molar-refractivity contribution in [3.8, 4) is 0 Å². The summed E-state index contributed by atoms with van der Waals surface area (Å²) < 4.78 is 5.18. The number of nitrogens with zero attached hydrogens (tertiary/aromatic N) is 1. The Hall–Kier alpha value is -0.580. The van der Waals surface area contributed by atoms with Crippen molar-refractivity contribution in [3.63, 3.8) is 0 Å². The fourth-order valence-corrected chi connectivity index (χ4v) is 3.86. The Bertz CT molecular complexity index is 787. The minimum Gasteiger partial charge on any atom is -0.315 e. The largest absolute Gasteiger partial charge is 0.315 e. The van der Waals surface area contributed by atoms with E-state index in [4.69, 9.17) is 0 Å². The Labute approximate surface area is 130 Å². The van der Waals surface area contributed by atoms with Crippen LogP contribution in [-0.4, -0.2) is 4.57 Å². The van der Waals surface area contributed by atoms with Crippen LogP contribution in [0.3, 0.4) is 0 Å². The molecule has 0 aliphatic carbocycles. The Morgan fingerprint density at radius 3 is 2.44 bits per heavy atom. The Morgan fingerprint density at radius 1 is 1.00 bits per heavy atom. The van der Waals surface area contributed by atoms with Crippen LogP contribution >= 0.6 is 47.8 Å². The molecule has 0 N–H and O–H groups in total. The second kappa shape index (κ2) is 4.51. The zero-order chi connectivity index (χ0) is 12.9. The second-order valence-corrected chi connectivity index (χ2v) is 6.39. The van der Waals surface area contributed by atoms with Gasteiger partial charge in [-0.05, 0) is 59.9 Å². The van der Waals surface area contributed by atoms with E-state index >= 15 is 0 Å². The van der Waals surface area contributed by atoms with Crippen LogP contribution in [0.5, 0.6) is 0 Å². The second-order valence-electron chi connectivity index (χ2n) is 3.95. The molecule has 18 heavy (non-hydrogen) atoms. The molecule has 1 heterocycles. The van der Waals surface area contributed by atoms with Crippen LogP contribution in [0.15, 0.2) is 50.3 Å². The summed E-state index contributed by atoms with van der Waals surface area (Å²) in [7, 11) is 0. The van der Waals surface area contributed by atoms with Crippen LogP contribution in [0.1, 0.15) is 0 Å². The van der Waals surface area contributed by atoms with Crippen LogP contribution in [0.2, 0.25) is 0 Å². The number of benzene rings is 2. The molecule has 0 aliphatic rings. The minimum atomic E-state index is 1.01. The van der Waals surface area contributed by atoms with E-state index < -0.39 is 0 Å². The molecule has 0 bridgehead atoms. The molecule has 1 aromatic heterocycles. The third-order valence-electron chi connectivity index (χ3n) is 3.01. The number of fused-ring (bicyclic) bond motifs is 3. The normalized spacial score (nSPS) is 11.3. The van der Waals surface area contributed by atoms with E-state index in [1.807, 2.05) is 12.3 Å². The van der Waals surface area contributed by atoms with Gasteiger partial charge in [0.25, 0.3) is 0 Å². The zero-order valence-electron chi connectivity index (χ0n) is 9.25. The predicted molar refractivity (Wildman–Crippen MR) is 88.9 cm³/mol. The highest BCUT2D eigenvalue weighted by atomic mass is 79.9. The molecule has 0 saturated heterocycles. The maximum absolute atomic E-state index is 3.91. The summed E-state index contributed by atoms with van der Waals surface area (Å²) in [6, 6.07) is 10.5. The average molecular weight is 430 g/mol. The van der Waals surface area contributed by atoms with Gasteiger partial charge in [0.05, 0.1) is 15.5 Å².